The Bertz CT molecular complexity index is 1330. The van der Waals surface area contributed by atoms with Crippen LogP contribution in [-0.4, -0.2) is 80.5 Å². The molecule has 0 aromatic heterocycles. The van der Waals surface area contributed by atoms with Crippen molar-refractivity contribution in [3.05, 3.63) is 33.4 Å². The maximum atomic E-state index is 13.8. The van der Waals surface area contributed by atoms with Crippen LogP contribution in [0.15, 0.2) is 11.1 Å². The zero-order valence-corrected chi connectivity index (χ0v) is 21.7. The van der Waals surface area contributed by atoms with E-state index in [2.05, 4.69) is 0 Å². The molecule has 5 unspecified atom stereocenters. The van der Waals surface area contributed by atoms with Crippen LogP contribution in [0.25, 0.3) is 0 Å². The van der Waals surface area contributed by atoms with Crippen LogP contribution in [0.3, 0.4) is 0 Å². The highest BCUT2D eigenvalue weighted by Crippen LogP contribution is 2.82. The molecule has 38 heavy (non-hydrogen) atoms. The molecule has 3 aliphatic heterocycles. The van der Waals surface area contributed by atoms with Gasteiger partial charge < -0.3 is 39.4 Å². The fourth-order valence-electron chi connectivity index (χ4n) is 7.77. The first-order chi connectivity index (χ1) is 18.0. The van der Waals surface area contributed by atoms with Crippen LogP contribution >= 0.6 is 0 Å². The van der Waals surface area contributed by atoms with E-state index >= 15 is 0 Å². The molecule has 1 saturated carbocycles. The fraction of sp³-hybridized carbons (Fsp3) is 0.643. The highest BCUT2D eigenvalue weighted by molar-refractivity contribution is 6.30. The molecular formula is C28H32O10. The van der Waals surface area contributed by atoms with E-state index in [0.29, 0.717) is 24.8 Å². The molecule has 3 heterocycles. The number of phenols is 2. The second-order valence-electron chi connectivity index (χ2n) is 11.6. The van der Waals surface area contributed by atoms with Crippen molar-refractivity contribution in [2.24, 2.45) is 0 Å². The maximum absolute atomic E-state index is 13.8. The number of aliphatic hydroxyl groups excluding tert-OH is 1. The minimum absolute atomic E-state index is 0.181. The number of benzene rings is 1. The Morgan fingerprint density at radius 3 is 2.39 bits per heavy atom. The summed E-state index contributed by atoms with van der Waals surface area (Å²) in [5.41, 5.74) is -2.33. The van der Waals surface area contributed by atoms with Gasteiger partial charge in [0, 0.05) is 35.1 Å². The molecule has 10 atom stereocenters. The lowest BCUT2D eigenvalue weighted by Gasteiger charge is -2.42. The summed E-state index contributed by atoms with van der Waals surface area (Å²) in [7, 11) is 0. The van der Waals surface area contributed by atoms with Crippen molar-refractivity contribution in [1.29, 1.82) is 0 Å². The molecule has 1 spiro atoms. The van der Waals surface area contributed by atoms with Gasteiger partial charge in [-0.15, -0.1) is 0 Å². The first-order valence-electron chi connectivity index (χ1n) is 13.5. The lowest BCUT2D eigenvalue weighted by Crippen LogP contribution is -2.42. The molecule has 204 valence electrons. The molecule has 6 aliphatic rings. The van der Waals surface area contributed by atoms with E-state index in [1.807, 2.05) is 6.92 Å². The number of hydrogen-bond donors (Lipinski definition) is 4. The van der Waals surface area contributed by atoms with Gasteiger partial charge in [-0.3, -0.25) is 9.59 Å². The molecule has 0 bridgehead atoms. The summed E-state index contributed by atoms with van der Waals surface area (Å²) < 4.78 is 24.0. The number of hydrogen-bond acceptors (Lipinski definition) is 10. The molecule has 7 rings (SSSR count). The van der Waals surface area contributed by atoms with Crippen molar-refractivity contribution < 1.29 is 49.0 Å². The van der Waals surface area contributed by atoms with Gasteiger partial charge in [-0.05, 0) is 33.6 Å². The van der Waals surface area contributed by atoms with Gasteiger partial charge in [-0.2, -0.15) is 0 Å². The van der Waals surface area contributed by atoms with E-state index in [-0.39, 0.29) is 40.4 Å². The molecule has 0 radical (unpaired) electrons. The Balaban J connectivity index is 1.33. The van der Waals surface area contributed by atoms with Crippen LogP contribution in [0.2, 0.25) is 0 Å². The molecule has 1 aromatic carbocycles. The van der Waals surface area contributed by atoms with Gasteiger partial charge in [0.1, 0.15) is 29.3 Å². The van der Waals surface area contributed by atoms with Crippen molar-refractivity contribution in [2.45, 2.75) is 113 Å². The smallest absolute Gasteiger partial charge is 0.196 e. The molecule has 4 N–H and O–H groups in total. The molecule has 10 heteroatoms. The number of Topliss-reactive ketones (excluding diaryl/α,β-unsaturated/α-hetero) is 2. The third-order valence-corrected chi connectivity index (χ3v) is 9.81. The van der Waals surface area contributed by atoms with E-state index in [9.17, 15) is 30.0 Å². The lowest BCUT2D eigenvalue weighted by molar-refractivity contribution is -0.238. The second kappa shape index (κ2) is 7.65. The minimum atomic E-state index is -1.53. The zero-order valence-electron chi connectivity index (χ0n) is 21.7. The number of carbonyl (C=O) groups is 2. The van der Waals surface area contributed by atoms with Gasteiger partial charge >= 0.3 is 0 Å². The highest BCUT2D eigenvalue weighted by atomic mass is 16.7. The average Bonchev–Trinajstić information content (AvgIpc) is 3.37. The van der Waals surface area contributed by atoms with Gasteiger partial charge in [0.2, 0.25) is 0 Å². The number of fused-ring (bicyclic) bond motifs is 3. The van der Waals surface area contributed by atoms with Crippen molar-refractivity contribution in [2.75, 3.05) is 0 Å². The Morgan fingerprint density at radius 2 is 1.71 bits per heavy atom. The first-order valence-corrected chi connectivity index (χ1v) is 13.5. The van der Waals surface area contributed by atoms with Crippen LogP contribution in [-0.2, 0) is 24.4 Å². The molecule has 0 amide bonds. The van der Waals surface area contributed by atoms with Gasteiger partial charge in [0.25, 0.3) is 0 Å². The number of aliphatic hydroxyl groups is 2. The van der Waals surface area contributed by atoms with Crippen LogP contribution in [0.5, 0.6) is 11.5 Å². The summed E-state index contributed by atoms with van der Waals surface area (Å²) in [5, 5.41) is 44.7. The lowest BCUT2D eigenvalue weighted by atomic mass is 9.65. The van der Waals surface area contributed by atoms with Gasteiger partial charge in [0.15, 0.2) is 17.9 Å². The minimum Gasteiger partial charge on any atom is -0.507 e. The van der Waals surface area contributed by atoms with Gasteiger partial charge in [-0.1, -0.05) is 6.92 Å². The predicted octanol–water partition coefficient (Wildman–Crippen LogP) is 2.09. The summed E-state index contributed by atoms with van der Waals surface area (Å²) in [6.45, 7) is 7.08. The Morgan fingerprint density at radius 1 is 1.00 bits per heavy atom. The number of phenolic OH excluding ortho intramolecular Hbond substituents is 2. The summed E-state index contributed by atoms with van der Waals surface area (Å²) in [4.78, 5) is 27.4. The average molecular weight is 529 g/mol. The standard InChI is InChI=1S/C28H32O10/c1-5-12-8-13-16(10(3)35-12)22(31)18-17(21(13)30)23(32)19-20(24(18)33)27-25(19)37-11(4)28(27,34)26(27)38-15-7-6-14(29)9(2)36-15/h9-12,14-15,25-26,29,32-34H,5-8H2,1-4H3/t9-,10-,11?,12-,14-,15-,25?,26?,27?,28?/m0/s1. The van der Waals surface area contributed by atoms with Crippen LogP contribution in [0.4, 0.5) is 0 Å². The molecule has 3 fully saturated rings. The highest BCUT2D eigenvalue weighted by Gasteiger charge is 2.93. The predicted molar refractivity (Wildman–Crippen MR) is 129 cm³/mol. The van der Waals surface area contributed by atoms with E-state index < -0.39 is 77.0 Å². The number of ether oxygens (including phenoxy) is 4. The summed E-state index contributed by atoms with van der Waals surface area (Å²) in [5.74, 6) is -1.88. The third-order valence-electron chi connectivity index (χ3n) is 9.81. The maximum Gasteiger partial charge on any atom is 0.196 e. The Hall–Kier alpha value is -2.34. The second-order valence-corrected chi connectivity index (χ2v) is 11.6. The Labute approximate surface area is 219 Å². The first kappa shape index (κ1) is 24.7. The van der Waals surface area contributed by atoms with Crippen LogP contribution in [0, 0.1) is 0 Å². The SMILES string of the molecule is CC[C@H]1CC2=C(C(=O)c3c(O)c4c(c(O)c3C2=O)C2OC(C)C3(O)C(O[C@H]5CC[C@H](O)[C@H](C)O5)C423)[C@H](C)O1. The molecule has 3 aliphatic carbocycles. The summed E-state index contributed by atoms with van der Waals surface area (Å²) >= 11 is 0. The number of ketones is 2. The number of rotatable bonds is 3. The molecule has 2 saturated heterocycles. The van der Waals surface area contributed by atoms with Gasteiger partial charge in [-0.25, -0.2) is 0 Å². The van der Waals surface area contributed by atoms with E-state index in [1.165, 1.54) is 0 Å². The number of carbonyl (C=O) groups excluding carboxylic acids is 2. The topological polar surface area (TPSA) is 152 Å². The van der Waals surface area contributed by atoms with Gasteiger partial charge in [0.05, 0.1) is 47.1 Å². The van der Waals surface area contributed by atoms with E-state index in [4.69, 9.17) is 18.9 Å². The van der Waals surface area contributed by atoms with Crippen molar-refractivity contribution >= 4 is 11.6 Å². The quantitative estimate of drug-likeness (QED) is 0.429. The zero-order chi connectivity index (χ0) is 27.0. The number of aromatic hydroxyl groups is 2. The Kier molecular flexibility index (Phi) is 4.97. The monoisotopic (exact) mass is 528 g/mol. The van der Waals surface area contributed by atoms with Crippen LogP contribution in [0.1, 0.15) is 91.3 Å². The third kappa shape index (κ3) is 2.59. The fourth-order valence-corrected chi connectivity index (χ4v) is 7.77. The van der Waals surface area contributed by atoms with Crippen molar-refractivity contribution in [3.63, 3.8) is 0 Å². The molecular weight excluding hydrogens is 496 g/mol. The molecule has 10 nitrogen and oxygen atoms in total. The van der Waals surface area contributed by atoms with E-state index in [0.717, 1.165) is 0 Å². The largest absolute Gasteiger partial charge is 0.507 e. The summed E-state index contributed by atoms with van der Waals surface area (Å²) in [6.07, 6.45) is -3.18. The molecule has 1 aromatic rings. The van der Waals surface area contributed by atoms with E-state index in [1.54, 1.807) is 20.8 Å². The normalized spacial score (nSPS) is 44.6. The van der Waals surface area contributed by atoms with Crippen molar-refractivity contribution in [1.82, 2.24) is 0 Å². The summed E-state index contributed by atoms with van der Waals surface area (Å²) in [6, 6.07) is 0. The van der Waals surface area contributed by atoms with Crippen LogP contribution < -0.4 is 0 Å². The van der Waals surface area contributed by atoms with Crippen molar-refractivity contribution in [3.8, 4) is 11.5 Å².